The van der Waals surface area contributed by atoms with Gasteiger partial charge in [0.15, 0.2) is 0 Å². The third-order valence-corrected chi connectivity index (χ3v) is 9.77. The molecular formula is C31H34F3NO4S2. The van der Waals surface area contributed by atoms with E-state index in [0.29, 0.717) is 22.1 Å². The molecule has 0 saturated heterocycles. The number of hydrogen-bond donors (Lipinski definition) is 2. The lowest BCUT2D eigenvalue weighted by Crippen LogP contribution is -2.53. The number of aliphatic carboxylic acids is 1. The van der Waals surface area contributed by atoms with Crippen LogP contribution in [0.3, 0.4) is 0 Å². The summed E-state index contributed by atoms with van der Waals surface area (Å²) in [4.78, 5) is 26.1. The maximum absolute atomic E-state index is 13.6. The smallest absolute Gasteiger partial charge is 0.446 e. The SMILES string of the molecule is CCC1CCC(SC(C)(C)C(NC(=O)c2ccc3ccccc3c2OCc2ccc(SC(F)(F)F)cc2)C(=O)O)C1. The number of nitrogens with one attached hydrogen (secondary N) is 1. The molecule has 220 valence electrons. The third kappa shape index (κ3) is 8.13. The van der Waals surface area contributed by atoms with Crippen LogP contribution in [-0.4, -0.2) is 38.5 Å². The summed E-state index contributed by atoms with van der Waals surface area (Å²) in [6.45, 7) is 5.90. The van der Waals surface area contributed by atoms with E-state index in [4.69, 9.17) is 4.74 Å². The molecule has 4 rings (SSSR count). The van der Waals surface area contributed by atoms with Crippen LogP contribution in [0.1, 0.15) is 62.4 Å². The van der Waals surface area contributed by atoms with E-state index in [-0.39, 0.29) is 34.6 Å². The number of thioether (sulfide) groups is 2. The normalized spacial score (nSPS) is 18.3. The van der Waals surface area contributed by atoms with Crippen molar-refractivity contribution in [1.29, 1.82) is 0 Å². The van der Waals surface area contributed by atoms with Crippen molar-refractivity contribution < 1.29 is 32.6 Å². The maximum Gasteiger partial charge on any atom is 0.446 e. The lowest BCUT2D eigenvalue weighted by Gasteiger charge is -2.34. The fraction of sp³-hybridized carbons (Fsp3) is 0.419. The van der Waals surface area contributed by atoms with E-state index in [9.17, 15) is 27.9 Å². The third-order valence-electron chi connectivity index (χ3n) is 7.42. The summed E-state index contributed by atoms with van der Waals surface area (Å²) in [7, 11) is 0. The largest absolute Gasteiger partial charge is 0.487 e. The van der Waals surface area contributed by atoms with Crippen LogP contribution in [0.5, 0.6) is 5.75 Å². The van der Waals surface area contributed by atoms with E-state index in [1.54, 1.807) is 36.0 Å². The summed E-state index contributed by atoms with van der Waals surface area (Å²) in [5.41, 5.74) is -3.57. The maximum atomic E-state index is 13.6. The fourth-order valence-electron chi connectivity index (χ4n) is 5.27. The molecule has 5 nitrogen and oxygen atoms in total. The second-order valence-corrected chi connectivity index (χ2v) is 13.9. The van der Waals surface area contributed by atoms with Crippen LogP contribution in [0, 0.1) is 5.92 Å². The summed E-state index contributed by atoms with van der Waals surface area (Å²) < 4.78 is 43.4. The average Bonchev–Trinajstić information content (AvgIpc) is 3.36. The van der Waals surface area contributed by atoms with Gasteiger partial charge >= 0.3 is 11.5 Å². The van der Waals surface area contributed by atoms with E-state index in [0.717, 1.165) is 31.1 Å². The minimum atomic E-state index is -4.38. The summed E-state index contributed by atoms with van der Waals surface area (Å²) in [6.07, 6.45) is 4.32. The lowest BCUT2D eigenvalue weighted by molar-refractivity contribution is -0.139. The number of carbonyl (C=O) groups is 2. The van der Waals surface area contributed by atoms with E-state index in [1.165, 1.54) is 12.1 Å². The van der Waals surface area contributed by atoms with Crippen LogP contribution >= 0.6 is 23.5 Å². The Kier molecular flexibility index (Phi) is 9.85. The highest BCUT2D eigenvalue weighted by Gasteiger charge is 2.41. The predicted octanol–water partition coefficient (Wildman–Crippen LogP) is 8.30. The van der Waals surface area contributed by atoms with Crippen molar-refractivity contribution in [3.05, 3.63) is 71.8 Å². The van der Waals surface area contributed by atoms with Crippen LogP contribution < -0.4 is 10.1 Å². The molecular weight excluding hydrogens is 571 g/mol. The highest BCUT2D eigenvalue weighted by molar-refractivity contribution is 8.01. The van der Waals surface area contributed by atoms with Gasteiger partial charge in [-0.2, -0.15) is 13.2 Å². The van der Waals surface area contributed by atoms with Crippen molar-refractivity contribution in [2.75, 3.05) is 0 Å². The van der Waals surface area contributed by atoms with Crippen molar-refractivity contribution in [2.45, 2.75) is 79.5 Å². The van der Waals surface area contributed by atoms with Crippen LogP contribution in [0.25, 0.3) is 10.8 Å². The number of alkyl halides is 3. The van der Waals surface area contributed by atoms with Gasteiger partial charge in [0.1, 0.15) is 18.4 Å². The molecule has 0 bridgehead atoms. The molecule has 3 aromatic carbocycles. The summed E-state index contributed by atoms with van der Waals surface area (Å²) in [6, 6.07) is 15.4. The molecule has 1 aliphatic rings. The molecule has 1 aliphatic carbocycles. The monoisotopic (exact) mass is 605 g/mol. The van der Waals surface area contributed by atoms with Crippen molar-refractivity contribution in [1.82, 2.24) is 5.32 Å². The highest BCUT2D eigenvalue weighted by atomic mass is 32.2. The number of rotatable bonds is 11. The Hall–Kier alpha value is -2.85. The van der Waals surface area contributed by atoms with Gasteiger partial charge in [0.25, 0.3) is 5.91 Å². The van der Waals surface area contributed by atoms with Crippen LogP contribution in [0.2, 0.25) is 0 Å². The number of carboxylic acid groups (broad SMARTS) is 1. The Bertz CT molecular complexity index is 1380. The Labute approximate surface area is 246 Å². The van der Waals surface area contributed by atoms with Crippen molar-refractivity contribution in [2.24, 2.45) is 5.92 Å². The minimum absolute atomic E-state index is 0.00916. The molecule has 3 atom stereocenters. The van der Waals surface area contributed by atoms with Gasteiger partial charge in [-0.05, 0) is 79.9 Å². The molecule has 0 heterocycles. The van der Waals surface area contributed by atoms with Crippen molar-refractivity contribution in [3.63, 3.8) is 0 Å². The molecule has 0 radical (unpaired) electrons. The molecule has 0 aliphatic heterocycles. The zero-order chi connectivity index (χ0) is 29.8. The first-order valence-corrected chi connectivity index (χ1v) is 15.3. The molecule has 3 aromatic rings. The highest BCUT2D eigenvalue weighted by Crippen LogP contribution is 2.43. The molecule has 10 heteroatoms. The average molecular weight is 606 g/mol. The van der Waals surface area contributed by atoms with E-state index in [2.05, 4.69) is 12.2 Å². The molecule has 0 aromatic heterocycles. The molecule has 1 fully saturated rings. The van der Waals surface area contributed by atoms with Crippen molar-refractivity contribution >= 4 is 46.2 Å². The van der Waals surface area contributed by atoms with Gasteiger partial charge in [-0.1, -0.05) is 55.8 Å². The Balaban J connectivity index is 1.55. The van der Waals surface area contributed by atoms with Gasteiger partial charge in [0.05, 0.1) is 5.56 Å². The van der Waals surface area contributed by atoms with Gasteiger partial charge in [-0.15, -0.1) is 11.8 Å². The quantitative estimate of drug-likeness (QED) is 0.214. The number of fused-ring (bicyclic) bond motifs is 1. The first-order chi connectivity index (χ1) is 19.4. The zero-order valence-corrected chi connectivity index (χ0v) is 24.8. The molecule has 0 spiro atoms. The van der Waals surface area contributed by atoms with Gasteiger partial charge in [0, 0.05) is 20.3 Å². The summed E-state index contributed by atoms with van der Waals surface area (Å²) in [5.74, 6) is -0.744. The lowest BCUT2D eigenvalue weighted by atomic mass is 10.0. The zero-order valence-electron chi connectivity index (χ0n) is 23.2. The van der Waals surface area contributed by atoms with Crippen LogP contribution in [-0.2, 0) is 11.4 Å². The Morgan fingerprint density at radius 1 is 1.05 bits per heavy atom. The number of ether oxygens (including phenoxy) is 1. The Morgan fingerprint density at radius 3 is 2.39 bits per heavy atom. The number of halogens is 3. The molecule has 3 unspecified atom stereocenters. The second-order valence-electron chi connectivity index (χ2n) is 10.8. The van der Waals surface area contributed by atoms with Gasteiger partial charge < -0.3 is 15.2 Å². The summed E-state index contributed by atoms with van der Waals surface area (Å²) in [5, 5.41) is 14.7. The number of hydrogen-bond acceptors (Lipinski definition) is 5. The van der Waals surface area contributed by atoms with Crippen LogP contribution in [0.4, 0.5) is 13.2 Å². The number of benzene rings is 3. The van der Waals surface area contributed by atoms with Gasteiger partial charge in [-0.25, -0.2) is 4.79 Å². The number of amides is 1. The van der Waals surface area contributed by atoms with E-state index in [1.807, 2.05) is 38.1 Å². The van der Waals surface area contributed by atoms with Crippen molar-refractivity contribution in [3.8, 4) is 5.75 Å². The predicted molar refractivity (Wildman–Crippen MR) is 159 cm³/mol. The fourth-order valence-corrected chi connectivity index (χ4v) is 7.58. The topological polar surface area (TPSA) is 75.6 Å². The molecule has 1 saturated carbocycles. The molecule has 41 heavy (non-hydrogen) atoms. The minimum Gasteiger partial charge on any atom is -0.487 e. The summed E-state index contributed by atoms with van der Waals surface area (Å²) >= 11 is 1.43. The number of carboxylic acids is 1. The van der Waals surface area contributed by atoms with E-state index < -0.39 is 28.2 Å². The second kappa shape index (κ2) is 13.0. The van der Waals surface area contributed by atoms with Gasteiger partial charge in [-0.3, -0.25) is 4.79 Å². The van der Waals surface area contributed by atoms with E-state index >= 15 is 0 Å². The first-order valence-electron chi connectivity index (χ1n) is 13.6. The number of carbonyl (C=O) groups excluding carboxylic acids is 1. The Morgan fingerprint density at radius 2 is 1.76 bits per heavy atom. The standard InChI is InChI=1S/C31H34F3NO4S2/c1-4-19-9-15-23(17-19)40-30(2,3)27(29(37)38)35-28(36)25-16-12-21-7-5-6-8-24(21)26(25)39-18-20-10-13-22(14-11-20)41-31(32,33)34/h5-8,10-14,16,19,23,27H,4,9,15,17-18H2,1-3H3,(H,35,36)(H,37,38). The molecule has 2 N–H and O–H groups in total. The first kappa shape index (κ1) is 31.1. The molecule has 1 amide bonds. The van der Waals surface area contributed by atoms with Crippen LogP contribution in [0.15, 0.2) is 65.6 Å². The van der Waals surface area contributed by atoms with Gasteiger partial charge in [0.2, 0.25) is 0 Å².